The van der Waals surface area contributed by atoms with E-state index in [1.807, 2.05) is 0 Å². The molecule has 0 aliphatic heterocycles. The van der Waals surface area contributed by atoms with Crippen molar-refractivity contribution >= 4 is 21.6 Å². The van der Waals surface area contributed by atoms with Gasteiger partial charge in [0.1, 0.15) is 17.1 Å². The fraction of sp³-hybridized carbons (Fsp3) is 0.316. The lowest BCUT2D eigenvalue weighted by atomic mass is 10.1. The molecule has 0 saturated carbocycles. The highest BCUT2D eigenvalue weighted by atomic mass is 32.2. The van der Waals surface area contributed by atoms with Crippen LogP contribution in [0.3, 0.4) is 0 Å². The number of rotatable bonds is 7. The summed E-state index contributed by atoms with van der Waals surface area (Å²) < 4.78 is 46.0. The van der Waals surface area contributed by atoms with Crippen LogP contribution in [0.2, 0.25) is 0 Å². The molecule has 0 aromatic heterocycles. The molecule has 8 heteroatoms. The van der Waals surface area contributed by atoms with E-state index in [0.717, 1.165) is 5.56 Å². The maximum atomic E-state index is 13.7. The number of hydrogen-bond acceptors (Lipinski definition) is 4. The van der Waals surface area contributed by atoms with Crippen LogP contribution < -0.4 is 14.8 Å². The molecule has 2 rings (SSSR count). The summed E-state index contributed by atoms with van der Waals surface area (Å²) in [7, 11) is -2.40. The zero-order chi connectivity index (χ0) is 20.2. The molecule has 2 aromatic rings. The van der Waals surface area contributed by atoms with E-state index in [0.29, 0.717) is 11.4 Å². The Morgan fingerprint density at radius 2 is 1.85 bits per heavy atom. The molecule has 0 radical (unpaired) electrons. The molecule has 0 fully saturated rings. The van der Waals surface area contributed by atoms with Crippen molar-refractivity contribution in [2.24, 2.45) is 0 Å². The molecule has 1 amide bonds. The quantitative estimate of drug-likeness (QED) is 0.756. The van der Waals surface area contributed by atoms with Crippen LogP contribution in [0, 0.1) is 12.7 Å². The summed E-state index contributed by atoms with van der Waals surface area (Å²) >= 11 is 0. The summed E-state index contributed by atoms with van der Waals surface area (Å²) in [5.41, 5.74) is -0.0849. The van der Waals surface area contributed by atoms with Gasteiger partial charge in [0, 0.05) is 11.3 Å². The molecule has 2 aromatic carbocycles. The monoisotopic (exact) mass is 394 g/mol. The third kappa shape index (κ3) is 5.51. The number of anilines is 1. The summed E-state index contributed by atoms with van der Waals surface area (Å²) in [4.78, 5) is 12.6. The molecule has 0 saturated heterocycles. The normalized spacial score (nSPS) is 11.9. The van der Waals surface area contributed by atoms with Crippen molar-refractivity contribution in [3.8, 4) is 5.75 Å². The Hall–Kier alpha value is -2.45. The third-order valence-electron chi connectivity index (χ3n) is 3.96. The lowest BCUT2D eigenvalue weighted by molar-refractivity contribution is -0.120. The first kappa shape index (κ1) is 20.9. The third-order valence-corrected chi connectivity index (χ3v) is 5.48. The summed E-state index contributed by atoms with van der Waals surface area (Å²) in [5, 5.41) is 2.70. The molecule has 0 bridgehead atoms. The predicted molar refractivity (Wildman–Crippen MR) is 103 cm³/mol. The lowest BCUT2D eigenvalue weighted by Crippen LogP contribution is -2.52. The highest BCUT2D eigenvalue weighted by Gasteiger charge is 2.33. The minimum Gasteiger partial charge on any atom is -0.497 e. The summed E-state index contributed by atoms with van der Waals surface area (Å²) in [6.45, 7) is 4.69. The van der Waals surface area contributed by atoms with Crippen molar-refractivity contribution in [2.75, 3.05) is 12.4 Å². The van der Waals surface area contributed by atoms with Crippen LogP contribution in [0.5, 0.6) is 5.75 Å². The van der Waals surface area contributed by atoms with E-state index in [4.69, 9.17) is 4.74 Å². The van der Waals surface area contributed by atoms with Crippen molar-refractivity contribution in [1.29, 1.82) is 0 Å². The van der Waals surface area contributed by atoms with Crippen LogP contribution >= 0.6 is 0 Å². The van der Waals surface area contributed by atoms with E-state index >= 15 is 0 Å². The van der Waals surface area contributed by atoms with Crippen molar-refractivity contribution < 1.29 is 22.3 Å². The highest BCUT2D eigenvalue weighted by Crippen LogP contribution is 2.22. The van der Waals surface area contributed by atoms with Gasteiger partial charge in [-0.05, 0) is 50.6 Å². The van der Waals surface area contributed by atoms with Gasteiger partial charge in [0.2, 0.25) is 15.9 Å². The molecule has 2 N–H and O–H groups in total. The van der Waals surface area contributed by atoms with E-state index in [1.165, 1.54) is 32.0 Å². The Bertz CT molecular complexity index is 942. The van der Waals surface area contributed by atoms with Gasteiger partial charge in [0.05, 0.1) is 12.9 Å². The number of nitrogens with one attached hydrogen (secondary N) is 2. The van der Waals surface area contributed by atoms with Gasteiger partial charge in [-0.3, -0.25) is 4.79 Å². The van der Waals surface area contributed by atoms with Gasteiger partial charge < -0.3 is 10.1 Å². The lowest BCUT2D eigenvalue weighted by Gasteiger charge is -2.25. The van der Waals surface area contributed by atoms with Crippen LogP contribution in [0.15, 0.2) is 42.5 Å². The van der Waals surface area contributed by atoms with Crippen molar-refractivity contribution in [1.82, 2.24) is 4.72 Å². The highest BCUT2D eigenvalue weighted by molar-refractivity contribution is 7.88. The maximum Gasteiger partial charge on any atom is 0.245 e. The molecule has 0 spiro atoms. The topological polar surface area (TPSA) is 84.5 Å². The summed E-state index contributed by atoms with van der Waals surface area (Å²) in [6.07, 6.45) is 0. The van der Waals surface area contributed by atoms with E-state index in [1.54, 1.807) is 38.3 Å². The number of amides is 1. The average molecular weight is 394 g/mol. The maximum absolute atomic E-state index is 13.7. The standard InChI is InChI=1S/C19H23FN2O4S/c1-13-11-15(26-4)9-10-17(13)21-18(23)19(2,3)22-27(24,25)12-14-7-5-6-8-16(14)20/h5-11,22H,12H2,1-4H3,(H,21,23). The number of sulfonamides is 1. The predicted octanol–water partition coefficient (Wildman–Crippen LogP) is 2.98. The molecule has 146 valence electrons. The van der Waals surface area contributed by atoms with Gasteiger partial charge in [0.15, 0.2) is 0 Å². The second kappa shape index (κ2) is 8.06. The number of halogens is 1. The first-order valence-electron chi connectivity index (χ1n) is 8.25. The minimum absolute atomic E-state index is 0.0345. The largest absolute Gasteiger partial charge is 0.497 e. The smallest absolute Gasteiger partial charge is 0.245 e. The summed E-state index contributed by atoms with van der Waals surface area (Å²) in [6, 6.07) is 10.7. The number of ether oxygens (including phenoxy) is 1. The van der Waals surface area contributed by atoms with Gasteiger partial charge in [-0.1, -0.05) is 18.2 Å². The zero-order valence-electron chi connectivity index (χ0n) is 15.7. The zero-order valence-corrected chi connectivity index (χ0v) is 16.5. The molecule has 0 aliphatic rings. The minimum atomic E-state index is -3.94. The van der Waals surface area contributed by atoms with E-state index in [2.05, 4.69) is 10.0 Å². The molecule has 27 heavy (non-hydrogen) atoms. The van der Waals surface area contributed by atoms with Crippen molar-refractivity contribution in [3.05, 3.63) is 59.4 Å². The van der Waals surface area contributed by atoms with Gasteiger partial charge in [-0.15, -0.1) is 0 Å². The molecule has 0 atom stereocenters. The Kier molecular flexibility index (Phi) is 6.22. The average Bonchev–Trinajstić information content (AvgIpc) is 2.57. The van der Waals surface area contributed by atoms with Crippen LogP contribution in [0.1, 0.15) is 25.0 Å². The Balaban J connectivity index is 2.12. The van der Waals surface area contributed by atoms with Gasteiger partial charge in [-0.25, -0.2) is 12.8 Å². The molecule has 6 nitrogen and oxygen atoms in total. The number of aryl methyl sites for hydroxylation is 1. The summed E-state index contributed by atoms with van der Waals surface area (Å²) in [5.74, 6) is -1.06. The fourth-order valence-electron chi connectivity index (χ4n) is 2.47. The molecular formula is C19H23FN2O4S. The number of benzene rings is 2. The molecule has 0 heterocycles. The first-order valence-corrected chi connectivity index (χ1v) is 9.90. The van der Waals surface area contributed by atoms with Crippen molar-refractivity contribution in [3.63, 3.8) is 0 Å². The van der Waals surface area contributed by atoms with Gasteiger partial charge in [-0.2, -0.15) is 4.72 Å². The number of carbonyl (C=O) groups excluding carboxylic acids is 1. The number of hydrogen-bond donors (Lipinski definition) is 2. The Morgan fingerprint density at radius 3 is 2.44 bits per heavy atom. The van der Waals surface area contributed by atoms with Gasteiger partial charge in [0.25, 0.3) is 0 Å². The molecular weight excluding hydrogens is 371 g/mol. The second-order valence-corrected chi connectivity index (χ2v) is 8.43. The Morgan fingerprint density at radius 1 is 1.19 bits per heavy atom. The van der Waals surface area contributed by atoms with E-state index in [9.17, 15) is 17.6 Å². The van der Waals surface area contributed by atoms with Crippen molar-refractivity contribution in [2.45, 2.75) is 32.1 Å². The number of methoxy groups -OCH3 is 1. The fourth-order valence-corrected chi connectivity index (χ4v) is 4.06. The van der Waals surface area contributed by atoms with Crippen LogP contribution in [-0.2, 0) is 20.6 Å². The van der Waals surface area contributed by atoms with E-state index in [-0.39, 0.29) is 5.56 Å². The SMILES string of the molecule is COc1ccc(NC(=O)C(C)(C)NS(=O)(=O)Cc2ccccc2F)c(C)c1. The van der Waals surface area contributed by atoms with E-state index < -0.39 is 33.0 Å². The van der Waals surface area contributed by atoms with Gasteiger partial charge >= 0.3 is 0 Å². The van der Waals surface area contributed by atoms with Crippen LogP contribution in [0.25, 0.3) is 0 Å². The van der Waals surface area contributed by atoms with Crippen LogP contribution in [-0.4, -0.2) is 27.0 Å². The van der Waals surface area contributed by atoms with Crippen LogP contribution in [0.4, 0.5) is 10.1 Å². The first-order chi connectivity index (χ1) is 12.5. The Labute approximate surface area is 158 Å². The molecule has 0 aliphatic carbocycles. The molecule has 0 unspecified atom stereocenters. The number of carbonyl (C=O) groups is 1. The second-order valence-electron chi connectivity index (χ2n) is 6.71.